The van der Waals surface area contributed by atoms with Crippen molar-refractivity contribution in [2.75, 3.05) is 25.3 Å². The number of ether oxygens (including phenoxy) is 2. The zero-order valence-corrected chi connectivity index (χ0v) is 14.2. The Bertz CT molecular complexity index is 775. The van der Waals surface area contributed by atoms with E-state index in [0.717, 1.165) is 22.6 Å². The van der Waals surface area contributed by atoms with Crippen LogP contribution in [0.4, 0.5) is 5.69 Å². The lowest BCUT2D eigenvalue weighted by molar-refractivity contribution is 0.174. The number of hydrogen-bond acceptors (Lipinski definition) is 4. The van der Waals surface area contributed by atoms with Crippen LogP contribution in [0.1, 0.15) is 11.1 Å². The van der Waals surface area contributed by atoms with Crippen molar-refractivity contribution in [3.63, 3.8) is 0 Å². The van der Waals surface area contributed by atoms with Gasteiger partial charge in [-0.05, 0) is 35.4 Å². The maximum Gasteiger partial charge on any atom is 0.277 e. The summed E-state index contributed by atoms with van der Waals surface area (Å²) in [5.41, 5.74) is 2.63. The van der Waals surface area contributed by atoms with Gasteiger partial charge in [0.05, 0.1) is 5.69 Å². The molecule has 0 bridgehead atoms. The van der Waals surface area contributed by atoms with E-state index in [2.05, 4.69) is 0 Å². The Morgan fingerprint density at radius 1 is 1.00 bits per heavy atom. The molecule has 0 radical (unpaired) electrons. The molecule has 1 unspecified atom stereocenters. The molecule has 1 aliphatic rings. The SMILES string of the molecule is CN(C)N(c1ccc(/C=C/c2ccc3c(c2)OCO3)cc1)S(=O)O. The first-order chi connectivity index (χ1) is 11.5. The van der Waals surface area contributed by atoms with Gasteiger partial charge in [0.15, 0.2) is 11.5 Å². The van der Waals surface area contributed by atoms with Crippen molar-refractivity contribution in [2.24, 2.45) is 0 Å². The third-order valence-corrected chi connectivity index (χ3v) is 4.32. The van der Waals surface area contributed by atoms with Crippen LogP contribution >= 0.6 is 0 Å². The Morgan fingerprint density at radius 2 is 1.62 bits per heavy atom. The number of hydrogen-bond donors (Lipinski definition) is 1. The second kappa shape index (κ2) is 7.04. The van der Waals surface area contributed by atoms with Crippen LogP contribution in [0.5, 0.6) is 11.5 Å². The molecule has 3 rings (SSSR count). The third kappa shape index (κ3) is 3.59. The highest BCUT2D eigenvalue weighted by Gasteiger charge is 2.14. The van der Waals surface area contributed by atoms with Crippen molar-refractivity contribution in [1.29, 1.82) is 0 Å². The van der Waals surface area contributed by atoms with Crippen molar-refractivity contribution in [1.82, 2.24) is 5.01 Å². The first-order valence-corrected chi connectivity index (χ1v) is 8.37. The lowest BCUT2D eigenvalue weighted by atomic mass is 10.1. The molecule has 126 valence electrons. The summed E-state index contributed by atoms with van der Waals surface area (Å²) in [6.45, 7) is 0.262. The van der Waals surface area contributed by atoms with Crippen LogP contribution in [-0.4, -0.2) is 34.7 Å². The average Bonchev–Trinajstić information content (AvgIpc) is 3.01. The summed E-state index contributed by atoms with van der Waals surface area (Å²) >= 11 is -2.11. The summed E-state index contributed by atoms with van der Waals surface area (Å²) < 4.78 is 32.7. The molecule has 0 fully saturated rings. The van der Waals surface area contributed by atoms with E-state index in [4.69, 9.17) is 9.47 Å². The van der Waals surface area contributed by atoms with Crippen LogP contribution in [0, 0.1) is 0 Å². The molecule has 0 spiro atoms. The minimum absolute atomic E-state index is 0.262. The number of benzene rings is 2. The number of rotatable bonds is 5. The summed E-state index contributed by atoms with van der Waals surface area (Å²) in [4.78, 5) is 0. The Labute approximate surface area is 143 Å². The second-order valence-corrected chi connectivity index (χ2v) is 6.20. The molecular weight excluding hydrogens is 328 g/mol. The van der Waals surface area contributed by atoms with Crippen LogP contribution in [-0.2, 0) is 11.3 Å². The van der Waals surface area contributed by atoms with Gasteiger partial charge in [-0.3, -0.25) is 4.55 Å². The zero-order valence-electron chi connectivity index (χ0n) is 13.4. The highest BCUT2D eigenvalue weighted by Crippen LogP contribution is 2.33. The molecule has 0 aromatic heterocycles. The molecule has 1 N–H and O–H groups in total. The molecule has 0 saturated heterocycles. The number of anilines is 1. The van der Waals surface area contributed by atoms with Gasteiger partial charge in [-0.15, -0.1) is 0 Å². The topological polar surface area (TPSA) is 62.2 Å². The van der Waals surface area contributed by atoms with Crippen LogP contribution in [0.15, 0.2) is 42.5 Å². The Hall–Kier alpha value is -2.35. The van der Waals surface area contributed by atoms with Crippen molar-refractivity contribution in [3.05, 3.63) is 53.6 Å². The van der Waals surface area contributed by atoms with Gasteiger partial charge in [0.25, 0.3) is 11.3 Å². The molecule has 1 aliphatic heterocycles. The molecule has 24 heavy (non-hydrogen) atoms. The predicted octanol–water partition coefficient (Wildman–Crippen LogP) is 3.01. The first kappa shape index (κ1) is 16.5. The van der Waals surface area contributed by atoms with Crippen LogP contribution in [0.2, 0.25) is 0 Å². The van der Waals surface area contributed by atoms with E-state index in [-0.39, 0.29) is 6.79 Å². The van der Waals surface area contributed by atoms with E-state index in [1.165, 1.54) is 4.41 Å². The first-order valence-electron chi connectivity index (χ1n) is 7.31. The molecule has 2 aromatic carbocycles. The van der Waals surface area contributed by atoms with Crippen molar-refractivity contribution in [3.8, 4) is 11.5 Å². The monoisotopic (exact) mass is 346 g/mol. The maximum absolute atomic E-state index is 11.4. The number of fused-ring (bicyclic) bond motifs is 1. The molecule has 1 atom stereocenters. The summed E-state index contributed by atoms with van der Waals surface area (Å²) in [6, 6.07) is 13.2. The largest absolute Gasteiger partial charge is 0.454 e. The Balaban J connectivity index is 1.75. The molecule has 2 aromatic rings. The summed E-state index contributed by atoms with van der Waals surface area (Å²) in [5.74, 6) is 1.51. The molecule has 6 nitrogen and oxygen atoms in total. The average molecular weight is 346 g/mol. The summed E-state index contributed by atoms with van der Waals surface area (Å²) in [7, 11) is 3.42. The Morgan fingerprint density at radius 3 is 2.29 bits per heavy atom. The fourth-order valence-electron chi connectivity index (χ4n) is 2.38. The third-order valence-electron chi connectivity index (χ3n) is 3.49. The highest BCUT2D eigenvalue weighted by atomic mass is 32.2. The van der Waals surface area contributed by atoms with E-state index in [1.807, 2.05) is 42.5 Å². The second-order valence-electron chi connectivity index (χ2n) is 5.39. The van der Waals surface area contributed by atoms with Gasteiger partial charge in [0, 0.05) is 14.1 Å². The van der Waals surface area contributed by atoms with Gasteiger partial charge in [0.2, 0.25) is 6.79 Å². The van der Waals surface area contributed by atoms with E-state index in [1.54, 1.807) is 31.2 Å². The van der Waals surface area contributed by atoms with Crippen LogP contribution in [0.3, 0.4) is 0 Å². The quantitative estimate of drug-likeness (QED) is 0.512. The van der Waals surface area contributed by atoms with Gasteiger partial charge in [-0.25, -0.2) is 9.22 Å². The summed E-state index contributed by atoms with van der Waals surface area (Å²) in [5, 5.41) is 1.56. The molecule has 1 heterocycles. The zero-order chi connectivity index (χ0) is 17.1. The highest BCUT2D eigenvalue weighted by molar-refractivity contribution is 7.80. The summed E-state index contributed by atoms with van der Waals surface area (Å²) in [6.07, 6.45) is 3.95. The minimum atomic E-state index is -2.11. The normalized spacial score (nSPS) is 14.3. The lowest BCUT2D eigenvalue weighted by Gasteiger charge is -2.26. The molecule has 0 saturated carbocycles. The molecule has 7 heteroatoms. The smallest absolute Gasteiger partial charge is 0.277 e. The van der Waals surface area contributed by atoms with Crippen LogP contribution < -0.4 is 13.9 Å². The van der Waals surface area contributed by atoms with Crippen LogP contribution in [0.25, 0.3) is 12.2 Å². The fraction of sp³-hybridized carbons (Fsp3) is 0.176. The van der Waals surface area contributed by atoms with Gasteiger partial charge in [-0.1, -0.05) is 30.4 Å². The van der Waals surface area contributed by atoms with Crippen molar-refractivity contribution in [2.45, 2.75) is 0 Å². The van der Waals surface area contributed by atoms with Gasteiger partial charge < -0.3 is 9.47 Å². The molecule has 0 aliphatic carbocycles. The Kier molecular flexibility index (Phi) is 4.84. The van der Waals surface area contributed by atoms with Gasteiger partial charge in [0.1, 0.15) is 0 Å². The maximum atomic E-state index is 11.4. The molecular formula is C17H18N2O4S. The fourth-order valence-corrected chi connectivity index (χ4v) is 2.96. The van der Waals surface area contributed by atoms with Crippen molar-refractivity contribution >= 4 is 29.1 Å². The van der Waals surface area contributed by atoms with E-state index < -0.39 is 11.3 Å². The number of nitrogens with zero attached hydrogens (tertiary/aromatic N) is 2. The van der Waals surface area contributed by atoms with E-state index in [0.29, 0.717) is 5.69 Å². The van der Waals surface area contributed by atoms with E-state index >= 15 is 0 Å². The van der Waals surface area contributed by atoms with E-state index in [9.17, 15) is 8.76 Å². The van der Waals surface area contributed by atoms with Gasteiger partial charge >= 0.3 is 0 Å². The predicted molar refractivity (Wildman–Crippen MR) is 94.9 cm³/mol. The van der Waals surface area contributed by atoms with Gasteiger partial charge in [-0.2, -0.15) is 4.41 Å². The standard InChI is InChI=1S/C17H18N2O4S/c1-18(2)19(24(20)21)15-8-5-13(6-9-15)3-4-14-7-10-16-17(11-14)23-12-22-16/h3-11H,12H2,1-2H3,(H,20,21)/b4-3+. The van der Waals surface area contributed by atoms with Crippen molar-refractivity contribution < 1.29 is 18.2 Å². The number of hydrazine groups is 1. The lowest BCUT2D eigenvalue weighted by Crippen LogP contribution is -2.38. The minimum Gasteiger partial charge on any atom is -0.454 e. The molecule has 0 amide bonds.